The molecule has 0 bridgehead atoms. The second-order valence-electron chi connectivity index (χ2n) is 9.86. The highest BCUT2D eigenvalue weighted by atomic mass is 32.1. The predicted octanol–water partition coefficient (Wildman–Crippen LogP) is 3.04. The molecule has 3 heterocycles. The summed E-state index contributed by atoms with van der Waals surface area (Å²) in [6, 6.07) is 3.13. The Morgan fingerprint density at radius 2 is 1.84 bits per heavy atom. The maximum atomic E-state index is 13.9. The van der Waals surface area contributed by atoms with Gasteiger partial charge in [-0.1, -0.05) is 25.2 Å². The summed E-state index contributed by atoms with van der Waals surface area (Å²) in [4.78, 5) is 42.4. The number of aromatic nitrogens is 5. The second kappa shape index (κ2) is 9.67. The van der Waals surface area contributed by atoms with Gasteiger partial charge in [-0.15, -0.1) is 4.80 Å². The second-order valence-corrected chi connectivity index (χ2v) is 10.8. The monoisotopic (exact) mass is 529 g/mol. The van der Waals surface area contributed by atoms with Gasteiger partial charge >= 0.3 is 5.69 Å². The first kappa shape index (κ1) is 26.4. The third kappa shape index (κ3) is 4.62. The van der Waals surface area contributed by atoms with Crippen LogP contribution in [0.25, 0.3) is 15.2 Å². The minimum Gasteiger partial charge on any atom is -0.508 e. The quantitative estimate of drug-likeness (QED) is 0.359. The average Bonchev–Trinajstić information content (AvgIpc) is 3.45. The molecule has 1 aromatic carbocycles. The van der Waals surface area contributed by atoms with Crippen molar-refractivity contribution >= 4 is 27.3 Å². The van der Waals surface area contributed by atoms with Gasteiger partial charge in [-0.3, -0.25) is 14.2 Å². The number of fused-ring (bicyclic) bond motifs is 1. The van der Waals surface area contributed by atoms with Crippen molar-refractivity contribution in [2.45, 2.75) is 59.2 Å². The zero-order valence-corrected chi connectivity index (χ0v) is 21.9. The first-order chi connectivity index (χ1) is 17.3. The lowest BCUT2D eigenvalue weighted by Crippen LogP contribution is -2.53. The average molecular weight is 530 g/mol. The summed E-state index contributed by atoms with van der Waals surface area (Å²) in [5.74, 6) is -1.30. The normalized spacial score (nSPS) is 13.0. The standard InChI is InChI=1S/C25H28FN5O5S/c1-13(2)10-19(34)25(4,5)30-21(35)20-14(3)22(31-27-8-9-28-31)37-23(20)29(24(30)36)12-18(33)16-11-15(26)6-7-17(16)32/h6-9,11,13,18,32-33H,10,12H2,1-5H3/t18-/m0/s1. The fraction of sp³-hybridized carbons (Fsp3) is 0.400. The van der Waals surface area contributed by atoms with Crippen molar-refractivity contribution in [1.82, 2.24) is 24.1 Å². The van der Waals surface area contributed by atoms with Crippen LogP contribution in [-0.4, -0.2) is 40.1 Å². The molecule has 1 atom stereocenters. The predicted molar refractivity (Wildman–Crippen MR) is 137 cm³/mol. The Balaban J connectivity index is 2.01. The maximum Gasteiger partial charge on any atom is 0.333 e. The van der Waals surface area contributed by atoms with Crippen LogP contribution < -0.4 is 11.2 Å². The molecule has 0 aliphatic rings. The van der Waals surface area contributed by atoms with E-state index in [1.165, 1.54) is 35.6 Å². The maximum absolute atomic E-state index is 13.9. The molecule has 0 fully saturated rings. The van der Waals surface area contributed by atoms with Gasteiger partial charge in [-0.05, 0) is 44.9 Å². The van der Waals surface area contributed by atoms with Crippen molar-refractivity contribution in [2.75, 3.05) is 0 Å². The number of benzene rings is 1. The number of aliphatic hydroxyl groups is 1. The van der Waals surface area contributed by atoms with E-state index in [9.17, 15) is 29.0 Å². The van der Waals surface area contributed by atoms with Gasteiger partial charge in [0.25, 0.3) is 5.56 Å². The van der Waals surface area contributed by atoms with Crippen LogP contribution in [0.2, 0.25) is 0 Å². The first-order valence-electron chi connectivity index (χ1n) is 11.7. The number of halogens is 1. The summed E-state index contributed by atoms with van der Waals surface area (Å²) >= 11 is 1.07. The van der Waals surface area contributed by atoms with Crippen molar-refractivity contribution in [2.24, 2.45) is 5.92 Å². The van der Waals surface area contributed by atoms with E-state index in [0.29, 0.717) is 10.6 Å². The van der Waals surface area contributed by atoms with Crippen LogP contribution in [0, 0.1) is 18.7 Å². The lowest BCUT2D eigenvalue weighted by Gasteiger charge is -2.27. The number of phenolic OH excluding ortho intramolecular Hbond substituents is 1. The molecule has 10 nitrogen and oxygen atoms in total. The van der Waals surface area contributed by atoms with Crippen molar-refractivity contribution in [3.05, 3.63) is 68.4 Å². The van der Waals surface area contributed by atoms with Gasteiger partial charge in [-0.25, -0.2) is 13.8 Å². The van der Waals surface area contributed by atoms with E-state index < -0.39 is 35.3 Å². The summed E-state index contributed by atoms with van der Waals surface area (Å²) in [7, 11) is 0. The van der Waals surface area contributed by atoms with Gasteiger partial charge in [0.1, 0.15) is 33.0 Å². The molecule has 0 saturated carbocycles. The Morgan fingerprint density at radius 1 is 1.19 bits per heavy atom. The Labute approximate surface area is 215 Å². The number of carbonyl (C=O) groups is 1. The van der Waals surface area contributed by atoms with Gasteiger partial charge in [0.15, 0.2) is 5.78 Å². The molecule has 0 amide bonds. The molecule has 0 unspecified atom stereocenters. The highest BCUT2D eigenvalue weighted by Gasteiger charge is 2.35. The lowest BCUT2D eigenvalue weighted by atomic mass is 9.91. The molecule has 4 rings (SSSR count). The fourth-order valence-corrected chi connectivity index (χ4v) is 5.53. The summed E-state index contributed by atoms with van der Waals surface area (Å²) in [6.45, 7) is 8.05. The molecule has 0 radical (unpaired) electrons. The van der Waals surface area contributed by atoms with E-state index in [4.69, 9.17) is 0 Å². The fourth-order valence-electron chi connectivity index (χ4n) is 4.31. The molecule has 196 valence electrons. The summed E-state index contributed by atoms with van der Waals surface area (Å²) in [6.07, 6.45) is 1.60. The number of rotatable bonds is 8. The largest absolute Gasteiger partial charge is 0.508 e. The SMILES string of the molecule is Cc1c(-n2nccn2)sc2c1c(=O)n(C(C)(C)C(=O)CC(C)C)c(=O)n2C[C@H](O)c1cc(F)ccc1O. The topological polar surface area (TPSA) is 132 Å². The van der Waals surface area contributed by atoms with Crippen LogP contribution >= 0.6 is 11.3 Å². The number of Topliss-reactive ketones (excluding diaryl/α,β-unsaturated/α-hetero) is 1. The minimum atomic E-state index is -1.49. The minimum absolute atomic E-state index is 0.00610. The van der Waals surface area contributed by atoms with E-state index in [-0.39, 0.29) is 39.7 Å². The Bertz CT molecular complexity index is 1600. The molecule has 0 spiro atoms. The van der Waals surface area contributed by atoms with Crippen LogP contribution in [0.4, 0.5) is 4.39 Å². The van der Waals surface area contributed by atoms with E-state index >= 15 is 0 Å². The third-order valence-electron chi connectivity index (χ3n) is 6.33. The number of hydrogen-bond donors (Lipinski definition) is 2. The Morgan fingerprint density at radius 3 is 2.46 bits per heavy atom. The van der Waals surface area contributed by atoms with Crippen LogP contribution in [-0.2, 0) is 16.9 Å². The van der Waals surface area contributed by atoms with Crippen LogP contribution in [0.1, 0.15) is 51.3 Å². The molecule has 0 aliphatic heterocycles. The van der Waals surface area contributed by atoms with Gasteiger partial charge in [-0.2, -0.15) is 10.2 Å². The molecule has 37 heavy (non-hydrogen) atoms. The Kier molecular flexibility index (Phi) is 6.91. The van der Waals surface area contributed by atoms with Gasteiger partial charge < -0.3 is 10.2 Å². The van der Waals surface area contributed by atoms with E-state index in [2.05, 4.69) is 10.2 Å². The van der Waals surface area contributed by atoms with Gasteiger partial charge in [0.2, 0.25) is 0 Å². The summed E-state index contributed by atoms with van der Waals surface area (Å²) in [5.41, 5.74) is -2.56. The number of aliphatic hydroxyl groups excluding tert-OH is 1. The van der Waals surface area contributed by atoms with E-state index in [0.717, 1.165) is 34.1 Å². The molecule has 12 heteroatoms. The van der Waals surface area contributed by atoms with Crippen LogP contribution in [0.3, 0.4) is 0 Å². The molecule has 3 aromatic heterocycles. The van der Waals surface area contributed by atoms with Crippen molar-refractivity contribution < 1.29 is 19.4 Å². The zero-order valence-electron chi connectivity index (χ0n) is 21.1. The number of ketones is 1. The molecular weight excluding hydrogens is 501 g/mol. The molecule has 0 saturated heterocycles. The van der Waals surface area contributed by atoms with Gasteiger partial charge in [0.05, 0.1) is 24.3 Å². The lowest BCUT2D eigenvalue weighted by molar-refractivity contribution is -0.127. The highest BCUT2D eigenvalue weighted by Crippen LogP contribution is 2.33. The first-order valence-corrected chi connectivity index (χ1v) is 12.5. The zero-order chi connectivity index (χ0) is 27.2. The van der Waals surface area contributed by atoms with Crippen molar-refractivity contribution in [3.8, 4) is 10.8 Å². The number of aromatic hydroxyl groups is 1. The molecule has 2 N–H and O–H groups in total. The third-order valence-corrected chi connectivity index (χ3v) is 7.61. The molecule has 4 aromatic rings. The number of aryl methyl sites for hydroxylation is 1. The Hall–Kier alpha value is -3.64. The molecule has 0 aliphatic carbocycles. The molecular formula is C25H28FN5O5S. The van der Waals surface area contributed by atoms with Crippen LogP contribution in [0.5, 0.6) is 5.75 Å². The van der Waals surface area contributed by atoms with Crippen LogP contribution in [0.15, 0.2) is 40.2 Å². The number of phenols is 1. The number of hydrogen-bond acceptors (Lipinski definition) is 8. The van der Waals surface area contributed by atoms with E-state index in [1.54, 1.807) is 6.92 Å². The van der Waals surface area contributed by atoms with Gasteiger partial charge in [0, 0.05) is 17.5 Å². The van der Waals surface area contributed by atoms with Crippen molar-refractivity contribution in [1.29, 1.82) is 0 Å². The summed E-state index contributed by atoms with van der Waals surface area (Å²) in [5, 5.41) is 30.1. The summed E-state index contributed by atoms with van der Waals surface area (Å²) < 4.78 is 16.0. The smallest absolute Gasteiger partial charge is 0.333 e. The van der Waals surface area contributed by atoms with Crippen molar-refractivity contribution in [3.63, 3.8) is 0 Å². The number of carbonyl (C=O) groups excluding carboxylic acids is 1. The highest BCUT2D eigenvalue weighted by molar-refractivity contribution is 7.21. The number of thiophene rings is 1. The number of nitrogens with zero attached hydrogens (tertiary/aromatic N) is 5. The van der Waals surface area contributed by atoms with E-state index in [1.807, 2.05) is 13.8 Å².